The highest BCUT2D eigenvalue weighted by atomic mass is 35.5. The van der Waals surface area contributed by atoms with Crippen LogP contribution in [0.1, 0.15) is 25.5 Å². The van der Waals surface area contributed by atoms with E-state index >= 15 is 0 Å². The maximum absolute atomic E-state index is 12.2. The topological polar surface area (TPSA) is 78.9 Å². The number of hydrogen-bond donors (Lipinski definition) is 2. The van der Waals surface area contributed by atoms with Gasteiger partial charge in [0, 0.05) is 12.1 Å². The number of carbonyl (C=O) groups is 1. The SMILES string of the molecule is CC(C(=O)N(C)C(C)c1ccc(Cl)cc1)C(N)=NO. The molecule has 0 spiro atoms. The maximum atomic E-state index is 12.2. The van der Waals surface area contributed by atoms with Crippen LogP contribution in [0.3, 0.4) is 0 Å². The van der Waals surface area contributed by atoms with Crippen LogP contribution in [-0.2, 0) is 4.79 Å². The van der Waals surface area contributed by atoms with Crippen LogP contribution < -0.4 is 5.73 Å². The number of nitrogens with zero attached hydrogens (tertiary/aromatic N) is 2. The van der Waals surface area contributed by atoms with Crippen LogP contribution in [0, 0.1) is 5.92 Å². The Morgan fingerprint density at radius 2 is 1.89 bits per heavy atom. The quantitative estimate of drug-likeness (QED) is 0.385. The maximum Gasteiger partial charge on any atom is 0.233 e. The number of hydrogen-bond acceptors (Lipinski definition) is 3. The first-order valence-corrected chi connectivity index (χ1v) is 6.25. The average Bonchev–Trinajstić information content (AvgIpc) is 2.44. The van der Waals surface area contributed by atoms with Gasteiger partial charge < -0.3 is 15.8 Å². The van der Waals surface area contributed by atoms with Gasteiger partial charge in [0.15, 0.2) is 5.84 Å². The summed E-state index contributed by atoms with van der Waals surface area (Å²) in [5.74, 6) is -0.970. The van der Waals surface area contributed by atoms with E-state index in [0.29, 0.717) is 5.02 Å². The zero-order chi connectivity index (χ0) is 14.6. The van der Waals surface area contributed by atoms with E-state index in [1.54, 1.807) is 31.0 Å². The van der Waals surface area contributed by atoms with Gasteiger partial charge >= 0.3 is 0 Å². The van der Waals surface area contributed by atoms with E-state index in [2.05, 4.69) is 5.16 Å². The zero-order valence-corrected chi connectivity index (χ0v) is 11.9. The van der Waals surface area contributed by atoms with Crippen molar-refractivity contribution in [3.63, 3.8) is 0 Å². The Labute approximate surface area is 117 Å². The Hall–Kier alpha value is -1.75. The highest BCUT2D eigenvalue weighted by molar-refractivity contribution is 6.30. The molecule has 0 aliphatic heterocycles. The molecule has 0 aliphatic carbocycles. The summed E-state index contributed by atoms with van der Waals surface area (Å²) in [6.45, 7) is 3.50. The molecule has 19 heavy (non-hydrogen) atoms. The molecule has 104 valence electrons. The van der Waals surface area contributed by atoms with E-state index in [9.17, 15) is 4.79 Å². The number of benzene rings is 1. The minimum Gasteiger partial charge on any atom is -0.409 e. The number of carbonyl (C=O) groups excluding carboxylic acids is 1. The Balaban J connectivity index is 2.85. The van der Waals surface area contributed by atoms with Crippen LogP contribution in [0.15, 0.2) is 29.4 Å². The lowest BCUT2D eigenvalue weighted by Crippen LogP contribution is -2.39. The van der Waals surface area contributed by atoms with Gasteiger partial charge in [-0.3, -0.25) is 4.79 Å². The van der Waals surface area contributed by atoms with Gasteiger partial charge in [-0.05, 0) is 31.5 Å². The minimum atomic E-state index is -0.662. The van der Waals surface area contributed by atoms with Crippen molar-refractivity contribution in [1.82, 2.24) is 4.90 Å². The molecule has 0 bridgehead atoms. The summed E-state index contributed by atoms with van der Waals surface area (Å²) >= 11 is 5.83. The first-order chi connectivity index (χ1) is 8.88. The molecule has 0 fully saturated rings. The van der Waals surface area contributed by atoms with Gasteiger partial charge in [-0.2, -0.15) is 0 Å². The predicted octanol–water partition coefficient (Wildman–Crippen LogP) is 2.24. The van der Waals surface area contributed by atoms with Crippen molar-refractivity contribution in [3.05, 3.63) is 34.9 Å². The predicted molar refractivity (Wildman–Crippen MR) is 75.2 cm³/mol. The normalized spacial score (nSPS) is 14.8. The van der Waals surface area contributed by atoms with E-state index in [0.717, 1.165) is 5.56 Å². The molecule has 5 nitrogen and oxygen atoms in total. The lowest BCUT2D eigenvalue weighted by atomic mass is 10.0. The summed E-state index contributed by atoms with van der Waals surface area (Å²) < 4.78 is 0. The standard InChI is InChI=1S/C13H18ClN3O2/c1-8(12(15)16-19)13(18)17(3)9(2)10-4-6-11(14)7-5-10/h4-9,19H,1-3H3,(H2,15,16). The first kappa shape index (κ1) is 15.3. The van der Waals surface area contributed by atoms with Crippen molar-refractivity contribution in [2.45, 2.75) is 19.9 Å². The molecule has 1 amide bonds. The molecule has 0 heterocycles. The first-order valence-electron chi connectivity index (χ1n) is 5.88. The number of halogens is 1. The molecule has 3 N–H and O–H groups in total. The molecule has 1 aromatic carbocycles. The van der Waals surface area contributed by atoms with Crippen molar-refractivity contribution >= 4 is 23.3 Å². The fourth-order valence-corrected chi connectivity index (χ4v) is 1.80. The van der Waals surface area contributed by atoms with Gasteiger partial charge in [0.1, 0.15) is 0 Å². The molecular weight excluding hydrogens is 266 g/mol. The minimum absolute atomic E-state index is 0.0971. The molecule has 0 aliphatic rings. The fourth-order valence-electron chi connectivity index (χ4n) is 1.67. The van der Waals surface area contributed by atoms with Crippen LogP contribution in [-0.4, -0.2) is 28.9 Å². The van der Waals surface area contributed by atoms with Crippen molar-refractivity contribution in [3.8, 4) is 0 Å². The van der Waals surface area contributed by atoms with Crippen LogP contribution in [0.2, 0.25) is 5.02 Å². The van der Waals surface area contributed by atoms with Gasteiger partial charge in [0.05, 0.1) is 12.0 Å². The molecule has 0 saturated carbocycles. The third-order valence-corrected chi connectivity index (χ3v) is 3.46. The number of oxime groups is 1. The van der Waals surface area contributed by atoms with Crippen molar-refractivity contribution in [1.29, 1.82) is 0 Å². The van der Waals surface area contributed by atoms with Crippen LogP contribution in [0.5, 0.6) is 0 Å². The monoisotopic (exact) mass is 283 g/mol. The zero-order valence-electron chi connectivity index (χ0n) is 11.2. The number of nitrogens with two attached hydrogens (primary N) is 1. The lowest BCUT2D eigenvalue weighted by Gasteiger charge is -2.27. The highest BCUT2D eigenvalue weighted by Crippen LogP contribution is 2.22. The molecule has 6 heteroatoms. The molecular formula is C13H18ClN3O2. The third-order valence-electron chi connectivity index (χ3n) is 3.21. The third kappa shape index (κ3) is 3.61. The van der Waals surface area contributed by atoms with Gasteiger partial charge in [-0.1, -0.05) is 28.9 Å². The molecule has 1 rings (SSSR count). The highest BCUT2D eigenvalue weighted by Gasteiger charge is 2.25. The molecule has 0 saturated heterocycles. The summed E-state index contributed by atoms with van der Waals surface area (Å²) in [5.41, 5.74) is 6.41. The van der Waals surface area contributed by atoms with Crippen LogP contribution in [0.4, 0.5) is 0 Å². The Kier molecular flexibility index (Phi) is 5.18. The van der Waals surface area contributed by atoms with Crippen molar-refractivity contribution < 1.29 is 10.0 Å². The summed E-state index contributed by atoms with van der Waals surface area (Å²) in [6, 6.07) is 7.16. The fraction of sp³-hybridized carbons (Fsp3) is 0.385. The van der Waals surface area contributed by atoms with Gasteiger partial charge in [0.2, 0.25) is 5.91 Å². The Bertz CT molecular complexity index is 473. The Morgan fingerprint density at radius 3 is 2.37 bits per heavy atom. The summed E-state index contributed by atoms with van der Waals surface area (Å²) in [4.78, 5) is 13.7. The molecule has 0 radical (unpaired) electrons. The second-order valence-electron chi connectivity index (χ2n) is 4.42. The molecule has 2 unspecified atom stereocenters. The van der Waals surface area contributed by atoms with E-state index in [1.165, 1.54) is 0 Å². The number of amidine groups is 1. The largest absolute Gasteiger partial charge is 0.409 e. The number of rotatable bonds is 4. The van der Waals surface area contributed by atoms with Crippen LogP contribution >= 0.6 is 11.6 Å². The summed E-state index contributed by atoms with van der Waals surface area (Å²) in [7, 11) is 1.68. The smallest absolute Gasteiger partial charge is 0.233 e. The van der Waals surface area contributed by atoms with Gasteiger partial charge in [-0.15, -0.1) is 0 Å². The second-order valence-corrected chi connectivity index (χ2v) is 4.86. The second kappa shape index (κ2) is 6.43. The number of amides is 1. The summed E-state index contributed by atoms with van der Waals surface area (Å²) in [5, 5.41) is 12.1. The van der Waals surface area contributed by atoms with E-state index in [-0.39, 0.29) is 17.8 Å². The molecule has 2 atom stereocenters. The lowest BCUT2D eigenvalue weighted by molar-refractivity contribution is -0.133. The molecule has 0 aromatic heterocycles. The van der Waals surface area contributed by atoms with Gasteiger partial charge in [-0.25, -0.2) is 0 Å². The van der Waals surface area contributed by atoms with Crippen molar-refractivity contribution in [2.24, 2.45) is 16.8 Å². The van der Waals surface area contributed by atoms with E-state index < -0.39 is 5.92 Å². The summed E-state index contributed by atoms with van der Waals surface area (Å²) in [6.07, 6.45) is 0. The van der Waals surface area contributed by atoms with Crippen molar-refractivity contribution in [2.75, 3.05) is 7.05 Å². The Morgan fingerprint density at radius 1 is 1.37 bits per heavy atom. The van der Waals surface area contributed by atoms with E-state index in [1.807, 2.05) is 19.1 Å². The molecule has 1 aromatic rings. The van der Waals surface area contributed by atoms with E-state index in [4.69, 9.17) is 22.5 Å². The van der Waals surface area contributed by atoms with Gasteiger partial charge in [0.25, 0.3) is 0 Å². The average molecular weight is 284 g/mol. The van der Waals surface area contributed by atoms with Crippen LogP contribution in [0.25, 0.3) is 0 Å².